The van der Waals surface area contributed by atoms with Crippen molar-refractivity contribution in [3.8, 4) is 17.2 Å². The number of hydrogen-bond acceptors (Lipinski definition) is 6. The van der Waals surface area contributed by atoms with Crippen molar-refractivity contribution in [2.24, 2.45) is 0 Å². The van der Waals surface area contributed by atoms with Crippen molar-refractivity contribution in [1.29, 1.82) is 0 Å². The molecule has 0 unspecified atom stereocenters. The molecule has 182 valence electrons. The third-order valence-corrected chi connectivity index (χ3v) is 5.69. The zero-order valence-electron chi connectivity index (χ0n) is 19.0. The van der Waals surface area contributed by atoms with Gasteiger partial charge in [0.2, 0.25) is 0 Å². The molecule has 35 heavy (non-hydrogen) atoms. The van der Waals surface area contributed by atoms with E-state index >= 15 is 0 Å². The van der Waals surface area contributed by atoms with Crippen LogP contribution >= 0.6 is 11.6 Å². The maximum absolute atomic E-state index is 13.6. The molecule has 0 aliphatic heterocycles. The molecular formula is C25H22ClF2N3O4. The van der Waals surface area contributed by atoms with E-state index in [-0.39, 0.29) is 33.8 Å². The monoisotopic (exact) mass is 501 g/mol. The minimum Gasteiger partial charge on any atom is -0.481 e. The largest absolute Gasteiger partial charge is 0.481 e. The second kappa shape index (κ2) is 10.7. The molecule has 7 nitrogen and oxygen atoms in total. The topological polar surface area (TPSA) is 75.5 Å². The Morgan fingerprint density at radius 1 is 1.17 bits per heavy atom. The van der Waals surface area contributed by atoms with Crippen molar-refractivity contribution in [2.75, 3.05) is 13.7 Å². The van der Waals surface area contributed by atoms with Crippen LogP contribution in [0.1, 0.15) is 23.7 Å². The molecule has 0 bridgehead atoms. The number of ether oxygens (including phenoxy) is 3. The van der Waals surface area contributed by atoms with Crippen molar-refractivity contribution in [3.63, 3.8) is 0 Å². The standard InChI is InChI=1S/C25H22ClF2N3O4/c1-3-19-17(13-15-5-7-16(8-6-15)31-12-4-11-29-31)24(35-25(27)28)22-20(34-14-21(32)33-2)10-9-18(26)23(22)30-19/h4-12,25H,3,13-14H2,1-2H3. The summed E-state index contributed by atoms with van der Waals surface area (Å²) in [6, 6.07) is 12.4. The zero-order chi connectivity index (χ0) is 24.9. The first kappa shape index (κ1) is 24.4. The van der Waals surface area contributed by atoms with Crippen molar-refractivity contribution in [1.82, 2.24) is 14.8 Å². The Labute approximate surface area is 205 Å². The maximum atomic E-state index is 13.6. The van der Waals surface area contributed by atoms with Gasteiger partial charge in [0.1, 0.15) is 11.5 Å². The van der Waals surface area contributed by atoms with Gasteiger partial charge >= 0.3 is 12.6 Å². The van der Waals surface area contributed by atoms with E-state index in [1.807, 2.05) is 43.5 Å². The van der Waals surface area contributed by atoms with Crippen LogP contribution in [0.2, 0.25) is 5.02 Å². The normalized spacial score (nSPS) is 11.1. The molecule has 0 aliphatic carbocycles. The van der Waals surface area contributed by atoms with Crippen LogP contribution in [-0.2, 0) is 22.4 Å². The number of carbonyl (C=O) groups excluding carboxylic acids is 1. The lowest BCUT2D eigenvalue weighted by molar-refractivity contribution is -0.142. The number of carbonyl (C=O) groups is 1. The molecule has 0 fully saturated rings. The summed E-state index contributed by atoms with van der Waals surface area (Å²) < 4.78 is 44.2. The van der Waals surface area contributed by atoms with Crippen molar-refractivity contribution in [2.45, 2.75) is 26.4 Å². The molecule has 0 aliphatic rings. The fourth-order valence-corrected chi connectivity index (χ4v) is 3.96. The van der Waals surface area contributed by atoms with E-state index in [1.165, 1.54) is 19.2 Å². The van der Waals surface area contributed by atoms with Gasteiger partial charge in [0, 0.05) is 30.1 Å². The van der Waals surface area contributed by atoms with Gasteiger partial charge in [-0.3, -0.25) is 4.98 Å². The second-order valence-electron chi connectivity index (χ2n) is 7.53. The van der Waals surface area contributed by atoms with Gasteiger partial charge in [-0.05, 0) is 42.3 Å². The SMILES string of the molecule is CCc1nc2c(Cl)ccc(OCC(=O)OC)c2c(OC(F)F)c1Cc1ccc(-n2cccn2)cc1. The van der Waals surface area contributed by atoms with E-state index in [0.29, 0.717) is 17.7 Å². The van der Waals surface area contributed by atoms with Crippen LogP contribution in [0.5, 0.6) is 11.5 Å². The molecule has 2 aromatic heterocycles. The van der Waals surface area contributed by atoms with Crippen LogP contribution < -0.4 is 9.47 Å². The third kappa shape index (κ3) is 5.35. The summed E-state index contributed by atoms with van der Waals surface area (Å²) in [6.07, 6.45) is 4.24. The molecule has 10 heteroatoms. The average molecular weight is 502 g/mol. The average Bonchev–Trinajstić information content (AvgIpc) is 3.40. The number of rotatable bonds is 9. The van der Waals surface area contributed by atoms with Crippen LogP contribution in [0.15, 0.2) is 54.9 Å². The summed E-state index contributed by atoms with van der Waals surface area (Å²) in [4.78, 5) is 16.3. The first-order chi connectivity index (χ1) is 16.9. The summed E-state index contributed by atoms with van der Waals surface area (Å²) in [7, 11) is 1.22. The summed E-state index contributed by atoms with van der Waals surface area (Å²) in [6.45, 7) is -1.64. The van der Waals surface area contributed by atoms with E-state index < -0.39 is 19.2 Å². The lowest BCUT2D eigenvalue weighted by Gasteiger charge is -2.19. The predicted molar refractivity (Wildman–Crippen MR) is 127 cm³/mol. The molecule has 0 atom stereocenters. The highest BCUT2D eigenvalue weighted by molar-refractivity contribution is 6.35. The quantitative estimate of drug-likeness (QED) is 0.287. The highest BCUT2D eigenvalue weighted by atomic mass is 35.5. The number of nitrogens with zero attached hydrogens (tertiary/aromatic N) is 3. The van der Waals surface area contributed by atoms with Crippen LogP contribution in [0.25, 0.3) is 16.6 Å². The molecule has 4 aromatic rings. The summed E-state index contributed by atoms with van der Waals surface area (Å²) in [5.74, 6) is -0.573. The Morgan fingerprint density at radius 3 is 2.57 bits per heavy atom. The number of aryl methyl sites for hydroxylation is 1. The van der Waals surface area contributed by atoms with Gasteiger partial charge in [-0.2, -0.15) is 13.9 Å². The first-order valence-electron chi connectivity index (χ1n) is 10.8. The molecular weight excluding hydrogens is 480 g/mol. The van der Waals surface area contributed by atoms with Gasteiger partial charge in [0.25, 0.3) is 0 Å². The van der Waals surface area contributed by atoms with Crippen LogP contribution in [0.3, 0.4) is 0 Å². The highest BCUT2D eigenvalue weighted by Gasteiger charge is 2.24. The Balaban J connectivity index is 1.83. The number of pyridine rings is 1. The molecule has 0 amide bonds. The van der Waals surface area contributed by atoms with Crippen LogP contribution in [0.4, 0.5) is 8.78 Å². The number of benzene rings is 2. The lowest BCUT2D eigenvalue weighted by atomic mass is 9.98. The number of alkyl halides is 2. The number of esters is 1. The van der Waals surface area contributed by atoms with Gasteiger partial charge in [-0.1, -0.05) is 30.7 Å². The minimum absolute atomic E-state index is 0.0830. The summed E-state index contributed by atoms with van der Waals surface area (Å²) in [5, 5.41) is 4.62. The predicted octanol–water partition coefficient (Wildman–Crippen LogP) is 5.38. The van der Waals surface area contributed by atoms with Crippen molar-refractivity contribution in [3.05, 3.63) is 76.7 Å². The molecule has 2 heterocycles. The van der Waals surface area contributed by atoms with Gasteiger partial charge in [0.05, 0.1) is 28.7 Å². The maximum Gasteiger partial charge on any atom is 0.387 e. The van der Waals surface area contributed by atoms with E-state index in [2.05, 4.69) is 14.8 Å². The fourth-order valence-electron chi connectivity index (χ4n) is 3.76. The fraction of sp³-hybridized carbons (Fsp3) is 0.240. The Hall–Kier alpha value is -3.72. The Kier molecular flexibility index (Phi) is 7.45. The third-order valence-electron chi connectivity index (χ3n) is 5.39. The van der Waals surface area contributed by atoms with Crippen LogP contribution in [-0.4, -0.2) is 41.1 Å². The van der Waals surface area contributed by atoms with E-state index in [1.54, 1.807) is 10.9 Å². The molecule has 0 spiro atoms. The van der Waals surface area contributed by atoms with Crippen LogP contribution in [0, 0.1) is 0 Å². The van der Waals surface area contributed by atoms with Gasteiger partial charge in [0.15, 0.2) is 6.61 Å². The lowest BCUT2D eigenvalue weighted by Crippen LogP contribution is -2.14. The Bertz CT molecular complexity index is 1330. The van der Waals surface area contributed by atoms with Gasteiger partial charge in [-0.25, -0.2) is 9.48 Å². The van der Waals surface area contributed by atoms with Crippen molar-refractivity contribution < 1.29 is 27.8 Å². The summed E-state index contributed by atoms with van der Waals surface area (Å²) >= 11 is 6.37. The molecule has 0 saturated carbocycles. The molecule has 4 rings (SSSR count). The Morgan fingerprint density at radius 2 is 1.94 bits per heavy atom. The highest BCUT2D eigenvalue weighted by Crippen LogP contribution is 2.42. The molecule has 0 saturated heterocycles. The zero-order valence-corrected chi connectivity index (χ0v) is 19.8. The van der Waals surface area contributed by atoms with Gasteiger partial charge in [-0.15, -0.1) is 0 Å². The second-order valence-corrected chi connectivity index (χ2v) is 7.93. The van der Waals surface area contributed by atoms with E-state index in [0.717, 1.165) is 11.3 Å². The number of fused-ring (bicyclic) bond motifs is 1. The van der Waals surface area contributed by atoms with Crippen molar-refractivity contribution >= 4 is 28.5 Å². The first-order valence-corrected chi connectivity index (χ1v) is 11.2. The number of halogens is 3. The van der Waals surface area contributed by atoms with E-state index in [4.69, 9.17) is 21.1 Å². The molecule has 0 radical (unpaired) electrons. The van der Waals surface area contributed by atoms with E-state index in [9.17, 15) is 13.6 Å². The van der Waals surface area contributed by atoms with Gasteiger partial charge < -0.3 is 14.2 Å². The minimum atomic E-state index is -3.10. The number of hydrogen-bond donors (Lipinski definition) is 0. The molecule has 0 N–H and O–H groups in total. The number of aromatic nitrogens is 3. The smallest absolute Gasteiger partial charge is 0.387 e. The summed E-state index contributed by atoms with van der Waals surface area (Å²) in [5.41, 5.74) is 3.02. The molecule has 2 aromatic carbocycles. The number of methoxy groups -OCH3 is 1.